The van der Waals surface area contributed by atoms with E-state index in [4.69, 9.17) is 0 Å². The number of thiazole rings is 1. The van der Waals surface area contributed by atoms with Gasteiger partial charge in [0.05, 0.1) is 5.01 Å². The van der Waals surface area contributed by atoms with Gasteiger partial charge in [0.1, 0.15) is 0 Å². The van der Waals surface area contributed by atoms with E-state index in [-0.39, 0.29) is 0 Å². The summed E-state index contributed by atoms with van der Waals surface area (Å²) in [6.45, 7) is 3.66. The van der Waals surface area contributed by atoms with Crippen LogP contribution in [0.3, 0.4) is 0 Å². The first-order valence-electron chi connectivity index (χ1n) is 6.56. The van der Waals surface area contributed by atoms with E-state index in [1.54, 1.807) is 16.2 Å². The molecule has 1 saturated heterocycles. The fraction of sp³-hybridized carbons (Fsp3) is 0.500. The van der Waals surface area contributed by atoms with Gasteiger partial charge in [-0.1, -0.05) is 6.07 Å². The molecule has 0 unspecified atom stereocenters. The SMILES string of the molecule is c1csc(C2CCN(CCc3nccs3)CC2)c1. The Morgan fingerprint density at radius 2 is 2.11 bits per heavy atom. The summed E-state index contributed by atoms with van der Waals surface area (Å²) >= 11 is 3.69. The van der Waals surface area contributed by atoms with Gasteiger partial charge in [0.25, 0.3) is 0 Å². The van der Waals surface area contributed by atoms with Gasteiger partial charge in [-0.05, 0) is 43.3 Å². The van der Waals surface area contributed by atoms with E-state index < -0.39 is 0 Å². The average molecular weight is 278 g/mol. The first-order valence-corrected chi connectivity index (χ1v) is 8.32. The first kappa shape index (κ1) is 12.3. The second-order valence-electron chi connectivity index (χ2n) is 4.81. The largest absolute Gasteiger partial charge is 0.303 e. The third kappa shape index (κ3) is 2.99. The molecule has 0 amide bonds. The van der Waals surface area contributed by atoms with Crippen LogP contribution in [0, 0.1) is 0 Å². The van der Waals surface area contributed by atoms with Crippen LogP contribution in [0.15, 0.2) is 29.1 Å². The second kappa shape index (κ2) is 5.95. The lowest BCUT2D eigenvalue weighted by atomic mass is 9.95. The Hall–Kier alpha value is -0.710. The Balaban J connectivity index is 1.45. The van der Waals surface area contributed by atoms with Crippen LogP contribution in [0.1, 0.15) is 28.6 Å². The van der Waals surface area contributed by atoms with Crippen molar-refractivity contribution in [2.45, 2.75) is 25.2 Å². The van der Waals surface area contributed by atoms with Gasteiger partial charge in [-0.2, -0.15) is 0 Å². The van der Waals surface area contributed by atoms with Crippen molar-refractivity contribution in [3.8, 4) is 0 Å². The Bertz CT molecular complexity index is 442. The zero-order valence-corrected chi connectivity index (χ0v) is 12.1. The zero-order valence-electron chi connectivity index (χ0n) is 10.4. The van der Waals surface area contributed by atoms with Crippen molar-refractivity contribution in [3.63, 3.8) is 0 Å². The van der Waals surface area contributed by atoms with E-state index in [9.17, 15) is 0 Å². The van der Waals surface area contributed by atoms with Gasteiger partial charge in [-0.3, -0.25) is 0 Å². The van der Waals surface area contributed by atoms with Crippen molar-refractivity contribution in [2.75, 3.05) is 19.6 Å². The van der Waals surface area contributed by atoms with Crippen LogP contribution >= 0.6 is 22.7 Å². The summed E-state index contributed by atoms with van der Waals surface area (Å²) < 4.78 is 0. The molecule has 0 N–H and O–H groups in total. The summed E-state index contributed by atoms with van der Waals surface area (Å²) in [7, 11) is 0. The Kier molecular flexibility index (Phi) is 4.08. The minimum atomic E-state index is 0.807. The molecule has 2 aromatic rings. The summed E-state index contributed by atoms with van der Waals surface area (Å²) in [6.07, 6.45) is 5.65. The minimum Gasteiger partial charge on any atom is -0.303 e. The highest BCUT2D eigenvalue weighted by atomic mass is 32.1. The van der Waals surface area contributed by atoms with Crippen LogP contribution in [0.4, 0.5) is 0 Å². The highest BCUT2D eigenvalue weighted by Gasteiger charge is 2.20. The Morgan fingerprint density at radius 1 is 1.22 bits per heavy atom. The molecule has 2 nitrogen and oxygen atoms in total. The van der Waals surface area contributed by atoms with E-state index in [1.165, 1.54) is 37.5 Å². The molecule has 18 heavy (non-hydrogen) atoms. The standard InChI is InChI=1S/C14H18N2S2/c1-2-13(17-10-1)12-3-7-16(8-4-12)9-5-14-15-6-11-18-14/h1-2,6,10-12H,3-5,7-9H2. The van der Waals surface area contributed by atoms with E-state index >= 15 is 0 Å². The van der Waals surface area contributed by atoms with Crippen LogP contribution in [-0.4, -0.2) is 29.5 Å². The molecule has 0 spiro atoms. The van der Waals surface area contributed by atoms with E-state index in [2.05, 4.69) is 32.8 Å². The molecular formula is C14H18N2S2. The predicted molar refractivity (Wildman–Crippen MR) is 78.6 cm³/mol. The number of thiophene rings is 1. The smallest absolute Gasteiger partial charge is 0.0937 e. The van der Waals surface area contributed by atoms with Crippen LogP contribution in [0.2, 0.25) is 0 Å². The van der Waals surface area contributed by atoms with E-state index in [0.717, 1.165) is 12.3 Å². The van der Waals surface area contributed by atoms with Crippen LogP contribution in [-0.2, 0) is 6.42 Å². The summed E-state index contributed by atoms with van der Waals surface area (Å²) in [5.41, 5.74) is 0. The number of nitrogens with zero attached hydrogens (tertiary/aromatic N) is 2. The van der Waals surface area contributed by atoms with Crippen LogP contribution in [0.5, 0.6) is 0 Å². The van der Waals surface area contributed by atoms with Crippen molar-refractivity contribution in [1.29, 1.82) is 0 Å². The maximum atomic E-state index is 4.35. The molecule has 0 aromatic carbocycles. The first-order chi connectivity index (χ1) is 8.92. The van der Waals surface area contributed by atoms with Crippen molar-refractivity contribution < 1.29 is 0 Å². The fourth-order valence-electron chi connectivity index (χ4n) is 2.59. The third-order valence-corrected chi connectivity index (χ3v) is 5.53. The van der Waals surface area contributed by atoms with Gasteiger partial charge >= 0.3 is 0 Å². The molecule has 0 bridgehead atoms. The zero-order chi connectivity index (χ0) is 12.2. The normalized spacial score (nSPS) is 18.2. The average Bonchev–Trinajstić information content (AvgIpc) is 3.10. The number of aromatic nitrogens is 1. The number of hydrogen-bond acceptors (Lipinski definition) is 4. The molecule has 3 rings (SSSR count). The van der Waals surface area contributed by atoms with E-state index in [0.29, 0.717) is 0 Å². The van der Waals surface area contributed by atoms with Gasteiger partial charge in [-0.15, -0.1) is 22.7 Å². The molecule has 1 aliphatic rings. The quantitative estimate of drug-likeness (QED) is 0.849. The van der Waals surface area contributed by atoms with Crippen molar-refractivity contribution in [1.82, 2.24) is 9.88 Å². The van der Waals surface area contributed by atoms with Crippen molar-refractivity contribution >= 4 is 22.7 Å². The molecule has 96 valence electrons. The molecule has 1 aliphatic heterocycles. The highest BCUT2D eigenvalue weighted by molar-refractivity contribution is 7.10. The topological polar surface area (TPSA) is 16.1 Å². The Labute approximate surface area is 116 Å². The third-order valence-electron chi connectivity index (χ3n) is 3.66. The van der Waals surface area contributed by atoms with Gasteiger partial charge < -0.3 is 4.90 Å². The maximum Gasteiger partial charge on any atom is 0.0937 e. The molecule has 0 saturated carbocycles. The van der Waals surface area contributed by atoms with Gasteiger partial charge in [0.15, 0.2) is 0 Å². The predicted octanol–water partition coefficient (Wildman–Crippen LogP) is 3.63. The van der Waals surface area contributed by atoms with Crippen LogP contribution in [0.25, 0.3) is 0 Å². The van der Waals surface area contributed by atoms with Gasteiger partial charge in [-0.25, -0.2) is 4.98 Å². The lowest BCUT2D eigenvalue weighted by Crippen LogP contribution is -2.34. The number of hydrogen-bond donors (Lipinski definition) is 0. The second-order valence-corrected chi connectivity index (χ2v) is 6.77. The highest BCUT2D eigenvalue weighted by Crippen LogP contribution is 2.30. The fourth-order valence-corrected chi connectivity index (χ4v) is 4.10. The monoisotopic (exact) mass is 278 g/mol. The summed E-state index contributed by atoms with van der Waals surface area (Å²) in [4.78, 5) is 8.52. The lowest BCUT2D eigenvalue weighted by molar-refractivity contribution is 0.215. The summed E-state index contributed by atoms with van der Waals surface area (Å²) in [6, 6.07) is 4.47. The molecule has 0 aliphatic carbocycles. The van der Waals surface area contributed by atoms with Gasteiger partial charge in [0.2, 0.25) is 0 Å². The van der Waals surface area contributed by atoms with Crippen molar-refractivity contribution in [2.24, 2.45) is 0 Å². The molecule has 4 heteroatoms. The van der Waals surface area contributed by atoms with Crippen molar-refractivity contribution in [3.05, 3.63) is 39.0 Å². The maximum absolute atomic E-state index is 4.35. The summed E-state index contributed by atoms with van der Waals surface area (Å²) in [5.74, 6) is 0.807. The molecule has 2 aromatic heterocycles. The molecule has 0 atom stereocenters. The molecule has 3 heterocycles. The number of rotatable bonds is 4. The van der Waals surface area contributed by atoms with E-state index in [1.807, 2.05) is 17.5 Å². The number of piperidine rings is 1. The Morgan fingerprint density at radius 3 is 2.78 bits per heavy atom. The summed E-state index contributed by atoms with van der Waals surface area (Å²) in [5, 5.41) is 5.54. The molecular weight excluding hydrogens is 260 g/mol. The lowest BCUT2D eigenvalue weighted by Gasteiger charge is -2.31. The van der Waals surface area contributed by atoms with Crippen LogP contribution < -0.4 is 0 Å². The molecule has 0 radical (unpaired) electrons. The molecule has 1 fully saturated rings. The minimum absolute atomic E-state index is 0.807. The van der Waals surface area contributed by atoms with Gasteiger partial charge in [0, 0.05) is 29.4 Å². The number of likely N-dealkylation sites (tertiary alicyclic amines) is 1.